The van der Waals surface area contributed by atoms with E-state index in [0.717, 1.165) is 0 Å². The molecule has 1 aliphatic heterocycles. The summed E-state index contributed by atoms with van der Waals surface area (Å²) in [5, 5.41) is 2.37. The van der Waals surface area contributed by atoms with Crippen molar-refractivity contribution in [1.29, 1.82) is 0 Å². The molecular weight excluding hydrogens is 294 g/mol. The Bertz CT molecular complexity index is 470. The first-order chi connectivity index (χ1) is 9.91. The van der Waals surface area contributed by atoms with Crippen LogP contribution >= 0.6 is 0 Å². The topological polar surface area (TPSA) is 108 Å². The molecule has 22 heavy (non-hydrogen) atoms. The molecule has 0 bridgehead atoms. The van der Waals surface area contributed by atoms with Gasteiger partial charge in [0.25, 0.3) is 5.79 Å². The van der Waals surface area contributed by atoms with Crippen molar-refractivity contribution in [2.45, 2.75) is 52.4 Å². The van der Waals surface area contributed by atoms with Gasteiger partial charge in [0, 0.05) is 26.8 Å². The van der Waals surface area contributed by atoms with Crippen molar-refractivity contribution in [3.63, 3.8) is 0 Å². The van der Waals surface area contributed by atoms with Crippen LogP contribution in [-0.2, 0) is 28.6 Å². The Balaban J connectivity index is 2.48. The monoisotopic (exact) mass is 315 g/mol. The largest absolute Gasteiger partial charge is 0.444 e. The standard InChI is InChI=1S/C14H21NO7/c1-13(2,3)22-12(19)15-7-6-8(16)9-10(17)20-14(4,5)21-11(9)18/h9H,6-7H2,1-5H3,(H,15,19). The summed E-state index contributed by atoms with van der Waals surface area (Å²) in [5.41, 5.74) is -0.656. The molecule has 124 valence electrons. The molecule has 0 aromatic rings. The summed E-state index contributed by atoms with van der Waals surface area (Å²) < 4.78 is 14.7. The summed E-state index contributed by atoms with van der Waals surface area (Å²) in [6, 6.07) is 0. The van der Waals surface area contributed by atoms with E-state index < -0.39 is 41.1 Å². The first-order valence-corrected chi connectivity index (χ1v) is 6.86. The van der Waals surface area contributed by atoms with E-state index in [1.54, 1.807) is 20.8 Å². The molecule has 1 N–H and O–H groups in total. The number of ether oxygens (including phenoxy) is 3. The Morgan fingerprint density at radius 3 is 2.14 bits per heavy atom. The fourth-order valence-electron chi connectivity index (χ4n) is 1.73. The summed E-state index contributed by atoms with van der Waals surface area (Å²) in [4.78, 5) is 46.7. The van der Waals surface area contributed by atoms with Gasteiger partial charge < -0.3 is 19.5 Å². The van der Waals surface area contributed by atoms with Gasteiger partial charge in [-0.1, -0.05) is 0 Å². The molecule has 0 aliphatic carbocycles. The molecule has 1 fully saturated rings. The van der Waals surface area contributed by atoms with Crippen LogP contribution in [0.1, 0.15) is 41.0 Å². The number of alkyl carbamates (subject to hydrolysis) is 1. The Hall–Kier alpha value is -2.12. The quantitative estimate of drug-likeness (QED) is 0.607. The maximum atomic E-state index is 11.9. The summed E-state index contributed by atoms with van der Waals surface area (Å²) in [6.07, 6.45) is -0.899. The average molecular weight is 315 g/mol. The first-order valence-electron chi connectivity index (χ1n) is 6.86. The van der Waals surface area contributed by atoms with E-state index in [1.807, 2.05) is 0 Å². The molecule has 8 heteroatoms. The van der Waals surface area contributed by atoms with E-state index in [-0.39, 0.29) is 13.0 Å². The molecule has 0 saturated carbocycles. The molecular formula is C14H21NO7. The SMILES string of the molecule is CC(C)(C)OC(=O)NCCC(=O)C1C(=O)OC(C)(C)OC1=O. The number of nitrogens with one attached hydrogen (secondary N) is 1. The molecule has 0 unspecified atom stereocenters. The van der Waals surface area contributed by atoms with Crippen LogP contribution < -0.4 is 5.32 Å². The summed E-state index contributed by atoms with van der Waals surface area (Å²) >= 11 is 0. The van der Waals surface area contributed by atoms with Gasteiger partial charge in [-0.2, -0.15) is 0 Å². The van der Waals surface area contributed by atoms with Gasteiger partial charge in [-0.05, 0) is 20.8 Å². The molecule has 1 saturated heterocycles. The summed E-state index contributed by atoms with van der Waals surface area (Å²) in [5.74, 6) is -5.54. The highest BCUT2D eigenvalue weighted by Crippen LogP contribution is 2.24. The second-order valence-electron chi connectivity index (χ2n) is 6.32. The fraction of sp³-hybridized carbons (Fsp3) is 0.714. The molecule has 1 aliphatic rings. The smallest absolute Gasteiger partial charge is 0.407 e. The van der Waals surface area contributed by atoms with Gasteiger partial charge in [0.2, 0.25) is 5.92 Å². The van der Waals surface area contributed by atoms with Crippen molar-refractivity contribution < 1.29 is 33.4 Å². The fourth-order valence-corrected chi connectivity index (χ4v) is 1.73. The van der Waals surface area contributed by atoms with Crippen LogP contribution in [-0.4, -0.2) is 41.7 Å². The lowest BCUT2D eigenvalue weighted by Crippen LogP contribution is -2.49. The third-order valence-corrected chi connectivity index (χ3v) is 2.53. The molecule has 1 heterocycles. The van der Waals surface area contributed by atoms with Crippen molar-refractivity contribution in [2.75, 3.05) is 6.54 Å². The van der Waals surface area contributed by atoms with Gasteiger partial charge in [-0.15, -0.1) is 0 Å². The van der Waals surface area contributed by atoms with Crippen molar-refractivity contribution in [2.24, 2.45) is 5.92 Å². The zero-order valence-electron chi connectivity index (χ0n) is 13.3. The number of cyclic esters (lactones) is 2. The minimum atomic E-state index is -1.60. The predicted molar refractivity (Wildman–Crippen MR) is 73.6 cm³/mol. The number of Topliss-reactive ketones (excluding diaryl/α,β-unsaturated/α-hetero) is 1. The number of rotatable bonds is 4. The van der Waals surface area contributed by atoms with Gasteiger partial charge in [0.1, 0.15) is 5.60 Å². The van der Waals surface area contributed by atoms with Crippen LogP contribution in [0, 0.1) is 5.92 Å². The number of hydrogen-bond acceptors (Lipinski definition) is 7. The van der Waals surface area contributed by atoms with Crippen LogP contribution in [0.25, 0.3) is 0 Å². The van der Waals surface area contributed by atoms with E-state index in [2.05, 4.69) is 5.32 Å². The number of ketones is 1. The van der Waals surface area contributed by atoms with E-state index in [1.165, 1.54) is 13.8 Å². The average Bonchev–Trinajstić information content (AvgIpc) is 2.22. The number of carbonyl (C=O) groups excluding carboxylic acids is 4. The molecule has 1 rings (SSSR count). The second kappa shape index (κ2) is 6.33. The molecule has 8 nitrogen and oxygen atoms in total. The minimum Gasteiger partial charge on any atom is -0.444 e. The Morgan fingerprint density at radius 1 is 1.18 bits per heavy atom. The van der Waals surface area contributed by atoms with Gasteiger partial charge in [0.05, 0.1) is 0 Å². The third kappa shape index (κ3) is 5.34. The third-order valence-electron chi connectivity index (χ3n) is 2.53. The normalized spacial score (nSPS) is 18.2. The van der Waals surface area contributed by atoms with Crippen molar-refractivity contribution in [1.82, 2.24) is 5.32 Å². The van der Waals surface area contributed by atoms with Gasteiger partial charge in [-0.25, -0.2) is 4.79 Å². The van der Waals surface area contributed by atoms with Crippen LogP contribution in [0.2, 0.25) is 0 Å². The van der Waals surface area contributed by atoms with Crippen molar-refractivity contribution in [3.05, 3.63) is 0 Å². The second-order valence-corrected chi connectivity index (χ2v) is 6.32. The predicted octanol–water partition coefficient (Wildman–Crippen LogP) is 0.923. The van der Waals surface area contributed by atoms with E-state index in [9.17, 15) is 19.2 Å². The number of esters is 2. The number of carbonyl (C=O) groups is 4. The van der Waals surface area contributed by atoms with Gasteiger partial charge in [0.15, 0.2) is 5.78 Å². The molecule has 1 amide bonds. The highest BCUT2D eigenvalue weighted by atomic mass is 16.7. The highest BCUT2D eigenvalue weighted by Gasteiger charge is 2.46. The lowest BCUT2D eigenvalue weighted by atomic mass is 10.0. The maximum absolute atomic E-state index is 11.9. The van der Waals surface area contributed by atoms with Crippen LogP contribution in [0.4, 0.5) is 4.79 Å². The van der Waals surface area contributed by atoms with Crippen LogP contribution in [0.5, 0.6) is 0 Å². The van der Waals surface area contributed by atoms with E-state index >= 15 is 0 Å². The van der Waals surface area contributed by atoms with E-state index in [0.29, 0.717) is 0 Å². The molecule has 0 aromatic heterocycles. The van der Waals surface area contributed by atoms with Crippen molar-refractivity contribution in [3.8, 4) is 0 Å². The lowest BCUT2D eigenvalue weighted by molar-refractivity contribution is -0.238. The number of hydrogen-bond donors (Lipinski definition) is 1. The Morgan fingerprint density at radius 2 is 1.68 bits per heavy atom. The summed E-state index contributed by atoms with van der Waals surface area (Å²) in [6.45, 7) is 7.84. The zero-order valence-corrected chi connectivity index (χ0v) is 13.3. The van der Waals surface area contributed by atoms with Crippen molar-refractivity contribution >= 4 is 23.8 Å². The summed E-state index contributed by atoms with van der Waals surface area (Å²) in [7, 11) is 0. The number of amides is 1. The Kier molecular flexibility index (Phi) is 5.16. The zero-order chi connectivity index (χ0) is 17.1. The van der Waals surface area contributed by atoms with Crippen LogP contribution in [0.15, 0.2) is 0 Å². The van der Waals surface area contributed by atoms with Crippen LogP contribution in [0.3, 0.4) is 0 Å². The van der Waals surface area contributed by atoms with Gasteiger partial charge in [-0.3, -0.25) is 14.4 Å². The lowest BCUT2D eigenvalue weighted by Gasteiger charge is -2.32. The Labute approximate surface area is 128 Å². The van der Waals surface area contributed by atoms with E-state index in [4.69, 9.17) is 14.2 Å². The highest BCUT2D eigenvalue weighted by molar-refractivity contribution is 6.15. The molecule has 0 radical (unpaired) electrons. The molecule has 0 spiro atoms. The first kappa shape index (κ1) is 17.9. The molecule has 0 atom stereocenters. The molecule has 0 aromatic carbocycles. The minimum absolute atomic E-state index is 0.0613. The van der Waals surface area contributed by atoms with Gasteiger partial charge >= 0.3 is 18.0 Å². The maximum Gasteiger partial charge on any atom is 0.407 e.